The molecule has 1 amide bonds. The smallest absolute Gasteiger partial charge is 0.282 e. The lowest BCUT2D eigenvalue weighted by atomic mass is 9.90. The Morgan fingerprint density at radius 2 is 1.55 bits per heavy atom. The van der Waals surface area contributed by atoms with Gasteiger partial charge in [0.05, 0.1) is 0 Å². The van der Waals surface area contributed by atoms with Crippen molar-refractivity contribution in [3.8, 4) is 0 Å². The summed E-state index contributed by atoms with van der Waals surface area (Å²) in [5.41, 5.74) is 5.97. The van der Waals surface area contributed by atoms with Crippen LogP contribution in [-0.2, 0) is 25.2 Å². The predicted octanol–water partition coefficient (Wildman–Crippen LogP) is -0.243. The van der Waals surface area contributed by atoms with Crippen molar-refractivity contribution in [2.45, 2.75) is 18.9 Å². The van der Waals surface area contributed by atoms with Crippen molar-refractivity contribution < 1.29 is 26.4 Å². The highest BCUT2D eigenvalue weighted by molar-refractivity contribution is 7.87. The molecule has 2 heterocycles. The number of primary amides is 1. The van der Waals surface area contributed by atoms with Crippen LogP contribution in [0.25, 0.3) is 0 Å². The number of amides is 1. The van der Waals surface area contributed by atoms with Crippen LogP contribution < -0.4 is 5.73 Å². The van der Waals surface area contributed by atoms with E-state index in [0.717, 1.165) is 12.9 Å². The molecule has 2 aliphatic rings. The fourth-order valence-electron chi connectivity index (χ4n) is 4.04. The molecule has 184 valence electrons. The summed E-state index contributed by atoms with van der Waals surface area (Å²) in [5, 5.41) is 0.523. The van der Waals surface area contributed by atoms with E-state index in [9.17, 15) is 26.4 Å². The standard InChI is InChI=1S/C19H28ClN5O6S2/c1-22(2)32(28,29)24-11-12-25(17(13-24)19(21)27)33(30,31)23-9-7-15(8-10-23)18(26)14-3-5-16(20)6-4-14/h3-6,15,17H,7-13H2,1-2H3,(H2,21,27)/t17-/m1/s1. The SMILES string of the molecule is CN(C)S(=O)(=O)N1CCN(S(=O)(=O)N2CCC(C(=O)c3ccc(Cl)cc3)CC2)[C@@H](C(N)=O)C1. The summed E-state index contributed by atoms with van der Waals surface area (Å²) in [6, 6.07) is 5.23. The Hall–Kier alpha value is -1.61. The molecule has 1 aromatic carbocycles. The van der Waals surface area contributed by atoms with E-state index < -0.39 is 32.4 Å². The molecule has 2 saturated heterocycles. The van der Waals surface area contributed by atoms with Crippen LogP contribution in [-0.4, -0.2) is 98.6 Å². The van der Waals surface area contributed by atoms with Crippen molar-refractivity contribution >= 4 is 43.7 Å². The second-order valence-corrected chi connectivity index (χ2v) is 12.7. The van der Waals surface area contributed by atoms with Crippen LogP contribution in [0, 0.1) is 5.92 Å². The summed E-state index contributed by atoms with van der Waals surface area (Å²) in [4.78, 5) is 24.8. The predicted molar refractivity (Wildman–Crippen MR) is 123 cm³/mol. The van der Waals surface area contributed by atoms with Crippen molar-refractivity contribution in [1.29, 1.82) is 0 Å². The molecule has 33 heavy (non-hydrogen) atoms. The van der Waals surface area contributed by atoms with Crippen LogP contribution in [0.15, 0.2) is 24.3 Å². The number of nitrogens with zero attached hydrogens (tertiary/aromatic N) is 4. The van der Waals surface area contributed by atoms with E-state index in [1.54, 1.807) is 24.3 Å². The Bertz CT molecular complexity index is 1100. The van der Waals surface area contributed by atoms with Crippen molar-refractivity contribution in [2.75, 3.05) is 46.8 Å². The molecule has 0 unspecified atom stereocenters. The van der Waals surface area contributed by atoms with Crippen LogP contribution >= 0.6 is 11.6 Å². The Balaban J connectivity index is 1.70. The zero-order chi connectivity index (χ0) is 24.6. The summed E-state index contributed by atoms with van der Waals surface area (Å²) in [6.45, 7) is -0.454. The Labute approximate surface area is 199 Å². The molecule has 0 saturated carbocycles. The average Bonchev–Trinajstić information content (AvgIpc) is 2.78. The maximum atomic E-state index is 13.3. The van der Waals surface area contributed by atoms with Gasteiger partial charge in [0.1, 0.15) is 6.04 Å². The fourth-order valence-corrected chi connectivity index (χ4v) is 7.04. The van der Waals surface area contributed by atoms with E-state index >= 15 is 0 Å². The molecule has 0 aliphatic carbocycles. The normalized spacial score (nSPS) is 22.5. The lowest BCUT2D eigenvalue weighted by Gasteiger charge is -2.42. The van der Waals surface area contributed by atoms with Crippen molar-refractivity contribution in [3.05, 3.63) is 34.9 Å². The van der Waals surface area contributed by atoms with E-state index in [2.05, 4.69) is 0 Å². The van der Waals surface area contributed by atoms with E-state index in [-0.39, 0.29) is 44.4 Å². The number of Topliss-reactive ketones (excluding diaryl/α,β-unsaturated/α-hetero) is 1. The summed E-state index contributed by atoms with van der Waals surface area (Å²) in [5.74, 6) is -1.32. The lowest BCUT2D eigenvalue weighted by molar-refractivity contribution is -0.122. The zero-order valence-corrected chi connectivity index (χ0v) is 20.8. The quantitative estimate of drug-likeness (QED) is 0.491. The summed E-state index contributed by atoms with van der Waals surface area (Å²) < 4.78 is 55.7. The molecular formula is C19H28ClN5O6S2. The van der Waals surface area contributed by atoms with Crippen LogP contribution in [0.4, 0.5) is 0 Å². The van der Waals surface area contributed by atoms with Crippen LogP contribution in [0.5, 0.6) is 0 Å². The molecule has 1 aromatic rings. The third-order valence-electron chi connectivity index (χ3n) is 5.99. The number of carbonyl (C=O) groups excluding carboxylic acids is 2. The molecule has 0 bridgehead atoms. The second kappa shape index (κ2) is 9.94. The minimum Gasteiger partial charge on any atom is -0.368 e. The third-order valence-corrected chi connectivity index (χ3v) is 10.2. The van der Waals surface area contributed by atoms with E-state index in [1.165, 1.54) is 18.4 Å². The number of hydrogen-bond acceptors (Lipinski definition) is 6. The van der Waals surface area contributed by atoms with Crippen molar-refractivity contribution in [3.63, 3.8) is 0 Å². The van der Waals surface area contributed by atoms with Crippen LogP contribution in [0.3, 0.4) is 0 Å². The Morgan fingerprint density at radius 3 is 2.06 bits per heavy atom. The number of carbonyl (C=O) groups is 2. The van der Waals surface area contributed by atoms with Gasteiger partial charge >= 0.3 is 0 Å². The number of piperidine rings is 1. The highest BCUT2D eigenvalue weighted by atomic mass is 35.5. The molecule has 0 aromatic heterocycles. The minimum atomic E-state index is -4.09. The number of ketones is 1. The zero-order valence-electron chi connectivity index (χ0n) is 18.4. The van der Waals surface area contributed by atoms with Gasteiger partial charge in [-0.25, -0.2) is 0 Å². The molecule has 11 nitrogen and oxygen atoms in total. The Morgan fingerprint density at radius 1 is 0.970 bits per heavy atom. The first kappa shape index (κ1) is 26.0. The largest absolute Gasteiger partial charge is 0.368 e. The first-order chi connectivity index (χ1) is 15.4. The maximum absolute atomic E-state index is 13.3. The van der Waals surface area contributed by atoms with Gasteiger partial charge in [0, 0.05) is 63.3 Å². The first-order valence-electron chi connectivity index (χ1n) is 10.4. The first-order valence-corrected chi connectivity index (χ1v) is 13.6. The molecular weight excluding hydrogens is 494 g/mol. The highest BCUT2D eigenvalue weighted by Crippen LogP contribution is 2.27. The van der Waals surface area contributed by atoms with Gasteiger partial charge in [-0.1, -0.05) is 11.6 Å². The van der Waals surface area contributed by atoms with Gasteiger partial charge in [0.15, 0.2) is 5.78 Å². The summed E-state index contributed by atoms with van der Waals surface area (Å²) >= 11 is 5.87. The summed E-state index contributed by atoms with van der Waals surface area (Å²) in [7, 11) is -5.21. The molecule has 2 fully saturated rings. The molecule has 2 N–H and O–H groups in total. The monoisotopic (exact) mass is 521 g/mol. The third kappa shape index (κ3) is 5.39. The average molecular weight is 522 g/mol. The molecule has 0 radical (unpaired) electrons. The van der Waals surface area contributed by atoms with Crippen molar-refractivity contribution in [1.82, 2.24) is 17.2 Å². The summed E-state index contributed by atoms with van der Waals surface area (Å²) in [6.07, 6.45) is 0.661. The van der Waals surface area contributed by atoms with Crippen molar-refractivity contribution in [2.24, 2.45) is 11.7 Å². The van der Waals surface area contributed by atoms with Crippen LogP contribution in [0.2, 0.25) is 5.02 Å². The van der Waals surface area contributed by atoms with Gasteiger partial charge in [-0.3, -0.25) is 9.59 Å². The van der Waals surface area contributed by atoms with Gasteiger partial charge in [0.25, 0.3) is 20.4 Å². The Kier molecular flexibility index (Phi) is 7.83. The van der Waals surface area contributed by atoms with Gasteiger partial charge in [-0.05, 0) is 37.1 Å². The maximum Gasteiger partial charge on any atom is 0.282 e. The van der Waals surface area contributed by atoms with Crippen LogP contribution in [0.1, 0.15) is 23.2 Å². The van der Waals surface area contributed by atoms with Gasteiger partial charge < -0.3 is 5.73 Å². The van der Waals surface area contributed by atoms with E-state index in [1.807, 2.05) is 0 Å². The minimum absolute atomic E-state index is 0.0683. The van der Waals surface area contributed by atoms with Gasteiger partial charge in [-0.15, -0.1) is 0 Å². The number of nitrogens with two attached hydrogens (primary N) is 1. The molecule has 3 rings (SSSR count). The molecule has 0 spiro atoms. The number of benzene rings is 1. The molecule has 2 aliphatic heterocycles. The van der Waals surface area contributed by atoms with E-state index in [4.69, 9.17) is 17.3 Å². The number of rotatable bonds is 7. The number of piperazine rings is 1. The molecule has 1 atom stereocenters. The van der Waals surface area contributed by atoms with Gasteiger partial charge in [-0.2, -0.15) is 34.1 Å². The van der Waals surface area contributed by atoms with E-state index in [0.29, 0.717) is 23.4 Å². The topological polar surface area (TPSA) is 141 Å². The number of hydrogen-bond donors (Lipinski definition) is 1. The second-order valence-electron chi connectivity index (χ2n) is 8.23. The lowest BCUT2D eigenvalue weighted by Crippen LogP contribution is -2.64. The number of halogens is 1. The fraction of sp³-hybridized carbons (Fsp3) is 0.579. The highest BCUT2D eigenvalue weighted by Gasteiger charge is 2.45. The molecule has 14 heteroatoms. The van der Waals surface area contributed by atoms with Gasteiger partial charge in [0.2, 0.25) is 5.91 Å².